The number of hydrogen-bond donors (Lipinski definition) is 1. The molecule has 15 heavy (non-hydrogen) atoms. The van der Waals surface area contributed by atoms with E-state index in [1.807, 2.05) is 0 Å². The smallest absolute Gasteiger partial charge is 0.267 e. The summed E-state index contributed by atoms with van der Waals surface area (Å²) in [5.41, 5.74) is 4.56. The summed E-state index contributed by atoms with van der Waals surface area (Å²) < 4.78 is 46.7. The number of pyridine rings is 1. The van der Waals surface area contributed by atoms with Crippen molar-refractivity contribution in [2.24, 2.45) is 0 Å². The first kappa shape index (κ1) is 12.1. The lowest BCUT2D eigenvalue weighted by Crippen LogP contribution is -2.05. The molecule has 0 saturated carbocycles. The van der Waals surface area contributed by atoms with E-state index in [2.05, 4.69) is 4.98 Å². The van der Waals surface area contributed by atoms with Crippen molar-refractivity contribution in [3.8, 4) is 0 Å². The molecular weight excluding hydrogens is 250 g/mol. The summed E-state index contributed by atoms with van der Waals surface area (Å²) in [7, 11) is 0.954. The Hall–Kier alpha value is -0.950. The Kier molecular flexibility index (Phi) is 3.15. The maximum Gasteiger partial charge on any atom is 0.267 e. The number of alkyl halides is 2. The van der Waals surface area contributed by atoms with Crippen LogP contribution < -0.4 is 5.73 Å². The van der Waals surface area contributed by atoms with Crippen LogP contribution in [0.4, 0.5) is 14.6 Å². The van der Waals surface area contributed by atoms with Crippen molar-refractivity contribution < 1.29 is 17.2 Å². The van der Waals surface area contributed by atoms with Gasteiger partial charge in [-0.05, 0) is 13.0 Å². The zero-order valence-electron chi connectivity index (χ0n) is 7.54. The van der Waals surface area contributed by atoms with E-state index in [1.54, 1.807) is 0 Å². The van der Waals surface area contributed by atoms with E-state index in [0.29, 0.717) is 0 Å². The van der Waals surface area contributed by atoms with Crippen LogP contribution in [0.1, 0.15) is 17.7 Å². The molecular formula is C7H7ClF2N2O2S. The summed E-state index contributed by atoms with van der Waals surface area (Å²) >= 11 is 0. The van der Waals surface area contributed by atoms with Gasteiger partial charge in [0.2, 0.25) is 0 Å². The van der Waals surface area contributed by atoms with Gasteiger partial charge in [0.05, 0.1) is 11.3 Å². The number of anilines is 1. The summed E-state index contributed by atoms with van der Waals surface area (Å²) in [6.07, 6.45) is -2.89. The van der Waals surface area contributed by atoms with Gasteiger partial charge in [-0.3, -0.25) is 0 Å². The van der Waals surface area contributed by atoms with Gasteiger partial charge in [0.1, 0.15) is 10.7 Å². The van der Waals surface area contributed by atoms with Gasteiger partial charge >= 0.3 is 0 Å². The molecule has 0 unspecified atom stereocenters. The number of aromatic nitrogens is 1. The molecule has 0 fully saturated rings. The Bertz CT molecular complexity index is 490. The molecule has 0 atom stereocenters. The second-order valence-corrected chi connectivity index (χ2v) is 5.32. The van der Waals surface area contributed by atoms with Crippen LogP contribution in [0, 0.1) is 6.92 Å². The molecule has 0 aliphatic heterocycles. The summed E-state index contributed by atoms with van der Waals surface area (Å²) in [5, 5.41) is 0. The van der Waals surface area contributed by atoms with E-state index in [1.165, 1.54) is 6.92 Å². The molecule has 0 amide bonds. The van der Waals surface area contributed by atoms with E-state index in [4.69, 9.17) is 16.4 Å². The average molecular weight is 257 g/mol. The number of nitrogen functional groups attached to an aromatic ring is 1. The van der Waals surface area contributed by atoms with Crippen molar-refractivity contribution in [3.05, 3.63) is 17.3 Å². The molecule has 0 bridgehead atoms. The molecule has 1 aromatic heterocycles. The van der Waals surface area contributed by atoms with Crippen LogP contribution in [0.5, 0.6) is 0 Å². The third-order valence-electron chi connectivity index (χ3n) is 1.72. The zero-order valence-corrected chi connectivity index (χ0v) is 9.11. The number of hydrogen-bond acceptors (Lipinski definition) is 4. The topological polar surface area (TPSA) is 73.0 Å². The van der Waals surface area contributed by atoms with Crippen molar-refractivity contribution in [3.63, 3.8) is 0 Å². The fourth-order valence-corrected chi connectivity index (χ4v) is 2.18. The van der Waals surface area contributed by atoms with Gasteiger partial charge in [0.15, 0.2) is 0 Å². The molecule has 0 radical (unpaired) electrons. The number of nitrogens with two attached hydrogens (primary N) is 1. The second-order valence-electron chi connectivity index (χ2n) is 2.78. The van der Waals surface area contributed by atoms with Gasteiger partial charge in [-0.25, -0.2) is 22.2 Å². The van der Waals surface area contributed by atoms with Gasteiger partial charge in [-0.2, -0.15) is 0 Å². The van der Waals surface area contributed by atoms with Gasteiger partial charge in [-0.15, -0.1) is 0 Å². The molecule has 8 heteroatoms. The first-order valence-electron chi connectivity index (χ1n) is 3.73. The SMILES string of the molecule is Cc1nc(N)c(C(F)F)cc1S(=O)(=O)Cl. The van der Waals surface area contributed by atoms with Gasteiger partial charge < -0.3 is 5.73 Å². The normalized spacial score (nSPS) is 12.1. The van der Waals surface area contributed by atoms with Crippen LogP contribution in [0.25, 0.3) is 0 Å². The van der Waals surface area contributed by atoms with Gasteiger partial charge in [-0.1, -0.05) is 0 Å². The predicted octanol–water partition coefficient (Wildman–Crippen LogP) is 1.84. The van der Waals surface area contributed by atoms with Crippen molar-refractivity contribution in [2.75, 3.05) is 5.73 Å². The highest BCUT2D eigenvalue weighted by Gasteiger charge is 2.21. The van der Waals surface area contributed by atoms with Crippen molar-refractivity contribution in [2.45, 2.75) is 18.2 Å². The summed E-state index contributed by atoms with van der Waals surface area (Å²) in [5.74, 6) is -0.397. The van der Waals surface area contributed by atoms with Crippen LogP contribution in [-0.2, 0) is 9.05 Å². The van der Waals surface area contributed by atoms with Gasteiger partial charge in [0.25, 0.3) is 15.5 Å². The lowest BCUT2D eigenvalue weighted by atomic mass is 10.2. The van der Waals surface area contributed by atoms with Crippen LogP contribution in [0.2, 0.25) is 0 Å². The minimum absolute atomic E-state index is 0.00750. The number of halogens is 3. The van der Waals surface area contributed by atoms with Crippen LogP contribution in [0.15, 0.2) is 11.0 Å². The van der Waals surface area contributed by atoms with E-state index in [0.717, 1.165) is 6.07 Å². The molecule has 0 aromatic carbocycles. The Morgan fingerprint density at radius 3 is 2.47 bits per heavy atom. The minimum Gasteiger partial charge on any atom is -0.383 e. The Morgan fingerprint density at radius 1 is 1.53 bits per heavy atom. The first-order valence-corrected chi connectivity index (χ1v) is 6.04. The molecule has 2 N–H and O–H groups in total. The average Bonchev–Trinajstić information content (AvgIpc) is 2.00. The predicted molar refractivity (Wildman–Crippen MR) is 51.4 cm³/mol. The standard InChI is InChI=1S/C7H7ClF2N2O2S/c1-3-5(15(8,13)14)2-4(6(9)10)7(11)12-3/h2,6H,1H3,(H2,11,12). The largest absolute Gasteiger partial charge is 0.383 e. The highest BCUT2D eigenvalue weighted by molar-refractivity contribution is 8.13. The maximum absolute atomic E-state index is 12.4. The number of nitrogens with zero attached hydrogens (tertiary/aromatic N) is 1. The minimum atomic E-state index is -4.09. The third kappa shape index (κ3) is 2.54. The molecule has 0 spiro atoms. The van der Waals surface area contributed by atoms with E-state index in [-0.39, 0.29) is 5.69 Å². The third-order valence-corrected chi connectivity index (χ3v) is 3.16. The molecule has 1 heterocycles. The molecule has 4 nitrogen and oxygen atoms in total. The summed E-state index contributed by atoms with van der Waals surface area (Å²) in [6.45, 7) is 1.32. The van der Waals surface area contributed by atoms with Crippen molar-refractivity contribution >= 4 is 25.6 Å². The molecule has 0 aliphatic carbocycles. The van der Waals surface area contributed by atoms with Crippen molar-refractivity contribution in [1.29, 1.82) is 0 Å². The molecule has 0 aliphatic rings. The highest BCUT2D eigenvalue weighted by atomic mass is 35.7. The van der Waals surface area contributed by atoms with Crippen LogP contribution in [-0.4, -0.2) is 13.4 Å². The van der Waals surface area contributed by atoms with Crippen molar-refractivity contribution in [1.82, 2.24) is 4.98 Å². The monoisotopic (exact) mass is 256 g/mol. The summed E-state index contributed by atoms with van der Waals surface area (Å²) in [6, 6.07) is 0.741. The quantitative estimate of drug-likeness (QED) is 0.820. The Balaban J connectivity index is 3.50. The molecule has 1 aromatic rings. The number of rotatable bonds is 2. The van der Waals surface area contributed by atoms with E-state index < -0.39 is 31.8 Å². The fourth-order valence-electron chi connectivity index (χ4n) is 1.04. The van der Waals surface area contributed by atoms with Crippen LogP contribution >= 0.6 is 10.7 Å². The van der Waals surface area contributed by atoms with E-state index >= 15 is 0 Å². The lowest BCUT2D eigenvalue weighted by Gasteiger charge is -2.07. The fraction of sp³-hybridized carbons (Fsp3) is 0.286. The second kappa shape index (κ2) is 3.90. The summed E-state index contributed by atoms with van der Waals surface area (Å²) in [4.78, 5) is 3.05. The molecule has 0 saturated heterocycles. The van der Waals surface area contributed by atoms with E-state index in [9.17, 15) is 17.2 Å². The highest BCUT2D eigenvalue weighted by Crippen LogP contribution is 2.28. The maximum atomic E-state index is 12.4. The number of aryl methyl sites for hydroxylation is 1. The van der Waals surface area contributed by atoms with Crippen LogP contribution in [0.3, 0.4) is 0 Å². The lowest BCUT2D eigenvalue weighted by molar-refractivity contribution is 0.151. The Labute approximate surface area is 89.5 Å². The molecule has 1 rings (SSSR count). The first-order chi connectivity index (χ1) is 6.73. The zero-order chi connectivity index (χ0) is 11.8. The molecule has 84 valence electrons. The Morgan fingerprint density at radius 2 is 2.07 bits per heavy atom. The van der Waals surface area contributed by atoms with Gasteiger partial charge in [0, 0.05) is 10.7 Å².